The molecule has 0 aliphatic heterocycles. The van der Waals surface area contributed by atoms with Crippen LogP contribution in [0.3, 0.4) is 0 Å². The molecule has 2 aromatic heterocycles. The minimum absolute atomic E-state index is 0.125. The van der Waals surface area contributed by atoms with Crippen molar-refractivity contribution >= 4 is 11.0 Å². The number of imidazole rings is 1. The molecule has 1 aromatic carbocycles. The van der Waals surface area contributed by atoms with Crippen LogP contribution in [0.2, 0.25) is 0 Å². The average Bonchev–Trinajstić information content (AvgIpc) is 3.05. The molecule has 4 heteroatoms. The van der Waals surface area contributed by atoms with E-state index in [0.29, 0.717) is 0 Å². The highest BCUT2D eigenvalue weighted by molar-refractivity contribution is 5.77. The Morgan fingerprint density at radius 1 is 1.24 bits per heavy atom. The minimum Gasteiger partial charge on any atom is -0.296 e. The molecule has 3 aromatic rings. The summed E-state index contributed by atoms with van der Waals surface area (Å²) in [6.07, 6.45) is 5.31. The average molecular weight is 274 g/mol. The lowest BCUT2D eigenvalue weighted by molar-refractivity contribution is 0.720. The van der Waals surface area contributed by atoms with Crippen molar-refractivity contribution in [1.82, 2.24) is 14.5 Å². The number of rotatable bonds is 1. The quantitative estimate of drug-likeness (QED) is 0.685. The normalized spacial score (nSPS) is 16.9. The summed E-state index contributed by atoms with van der Waals surface area (Å²) in [5.41, 5.74) is 5.67. The molecule has 1 aliphatic carbocycles. The Bertz CT molecular complexity index is 885. The maximum atomic E-state index is 9.10. The fourth-order valence-electron chi connectivity index (χ4n) is 3.21. The van der Waals surface area contributed by atoms with Crippen molar-refractivity contribution in [2.24, 2.45) is 5.92 Å². The predicted molar refractivity (Wildman–Crippen MR) is 80.1 cm³/mol. The lowest BCUT2D eigenvalue weighted by Crippen LogP contribution is -1.98. The molecule has 0 radical (unpaired) electrons. The van der Waals surface area contributed by atoms with E-state index in [9.17, 15) is 0 Å². The third-order valence-electron chi connectivity index (χ3n) is 4.19. The number of fused-ring (bicyclic) bond motifs is 2. The first-order valence-corrected chi connectivity index (χ1v) is 7.07. The first-order chi connectivity index (χ1) is 10.3. The first kappa shape index (κ1) is 12.1. The van der Waals surface area contributed by atoms with Gasteiger partial charge in [-0.15, -0.1) is 0 Å². The standard InChI is InChI=1S/C17H14N4/c1-11-20-16-10-19-5-4-17(16)21(11)15-3-2-13-6-12(9-18)7-14(13)8-15/h2-5,8,10,12H,6-7H2,1H3. The van der Waals surface area contributed by atoms with Gasteiger partial charge < -0.3 is 0 Å². The van der Waals surface area contributed by atoms with Gasteiger partial charge in [-0.3, -0.25) is 9.55 Å². The molecule has 4 rings (SSSR count). The number of nitrogens with zero attached hydrogens (tertiary/aromatic N) is 4. The van der Waals surface area contributed by atoms with Gasteiger partial charge in [0.1, 0.15) is 11.3 Å². The maximum absolute atomic E-state index is 9.10. The molecule has 0 saturated carbocycles. The van der Waals surface area contributed by atoms with E-state index in [4.69, 9.17) is 5.26 Å². The summed E-state index contributed by atoms with van der Waals surface area (Å²) < 4.78 is 2.15. The van der Waals surface area contributed by atoms with Gasteiger partial charge in [0.25, 0.3) is 0 Å². The van der Waals surface area contributed by atoms with E-state index in [1.165, 1.54) is 11.1 Å². The van der Waals surface area contributed by atoms with Crippen molar-refractivity contribution in [1.29, 1.82) is 5.26 Å². The van der Waals surface area contributed by atoms with E-state index in [1.807, 2.05) is 13.0 Å². The largest absolute Gasteiger partial charge is 0.296 e. The molecular weight excluding hydrogens is 260 g/mol. The summed E-state index contributed by atoms with van der Waals surface area (Å²) >= 11 is 0. The minimum atomic E-state index is 0.125. The molecule has 1 aliphatic rings. The van der Waals surface area contributed by atoms with Gasteiger partial charge in [-0.25, -0.2) is 4.98 Å². The Kier molecular flexibility index (Phi) is 2.55. The zero-order valence-electron chi connectivity index (χ0n) is 11.7. The van der Waals surface area contributed by atoms with Crippen LogP contribution >= 0.6 is 0 Å². The zero-order chi connectivity index (χ0) is 14.4. The molecule has 0 bridgehead atoms. The van der Waals surface area contributed by atoms with Crippen molar-refractivity contribution < 1.29 is 0 Å². The Morgan fingerprint density at radius 3 is 2.95 bits per heavy atom. The van der Waals surface area contributed by atoms with E-state index in [-0.39, 0.29) is 5.92 Å². The number of benzene rings is 1. The SMILES string of the molecule is Cc1nc2cnccc2n1-c1ccc2c(c1)CC(C#N)C2. The Labute approximate surface area is 122 Å². The van der Waals surface area contributed by atoms with Crippen LogP contribution < -0.4 is 0 Å². The van der Waals surface area contributed by atoms with Crippen LogP contribution in [0, 0.1) is 24.2 Å². The summed E-state index contributed by atoms with van der Waals surface area (Å²) in [7, 11) is 0. The van der Waals surface area contributed by atoms with E-state index in [1.54, 1.807) is 12.4 Å². The molecule has 21 heavy (non-hydrogen) atoms. The number of aromatic nitrogens is 3. The van der Waals surface area contributed by atoms with Crippen LogP contribution in [0.15, 0.2) is 36.7 Å². The second-order valence-corrected chi connectivity index (χ2v) is 5.55. The summed E-state index contributed by atoms with van der Waals surface area (Å²) in [6, 6.07) is 10.8. The number of hydrogen-bond acceptors (Lipinski definition) is 3. The Morgan fingerprint density at radius 2 is 2.10 bits per heavy atom. The highest BCUT2D eigenvalue weighted by Gasteiger charge is 2.21. The molecule has 0 amide bonds. The Hall–Kier alpha value is -2.67. The van der Waals surface area contributed by atoms with Crippen molar-refractivity contribution in [2.75, 3.05) is 0 Å². The first-order valence-electron chi connectivity index (χ1n) is 7.07. The van der Waals surface area contributed by atoms with Crippen molar-refractivity contribution in [3.63, 3.8) is 0 Å². The smallest absolute Gasteiger partial charge is 0.111 e. The van der Waals surface area contributed by atoms with Gasteiger partial charge in [-0.2, -0.15) is 5.26 Å². The molecule has 2 heterocycles. The molecule has 0 spiro atoms. The van der Waals surface area contributed by atoms with Crippen LogP contribution in [-0.4, -0.2) is 14.5 Å². The van der Waals surface area contributed by atoms with Gasteiger partial charge in [-0.1, -0.05) is 6.07 Å². The van der Waals surface area contributed by atoms with Gasteiger partial charge in [0, 0.05) is 11.9 Å². The van der Waals surface area contributed by atoms with Crippen molar-refractivity contribution in [3.05, 3.63) is 53.6 Å². The molecular formula is C17H14N4. The topological polar surface area (TPSA) is 54.5 Å². The fraction of sp³-hybridized carbons (Fsp3) is 0.235. The third kappa shape index (κ3) is 1.82. The van der Waals surface area contributed by atoms with Crippen molar-refractivity contribution in [3.8, 4) is 11.8 Å². The molecule has 102 valence electrons. The van der Waals surface area contributed by atoms with Gasteiger partial charge in [0.15, 0.2) is 0 Å². The van der Waals surface area contributed by atoms with E-state index < -0.39 is 0 Å². The van der Waals surface area contributed by atoms with Gasteiger partial charge in [-0.05, 0) is 49.1 Å². The van der Waals surface area contributed by atoms with Crippen LogP contribution in [0.4, 0.5) is 0 Å². The molecule has 0 fully saturated rings. The summed E-state index contributed by atoms with van der Waals surface area (Å²) in [6.45, 7) is 2.01. The van der Waals surface area contributed by atoms with Gasteiger partial charge in [0.05, 0.1) is 23.7 Å². The molecule has 0 N–H and O–H groups in total. The van der Waals surface area contributed by atoms with Crippen LogP contribution in [0.25, 0.3) is 16.7 Å². The second kappa shape index (κ2) is 4.42. The molecule has 4 nitrogen and oxygen atoms in total. The molecule has 1 unspecified atom stereocenters. The highest BCUT2D eigenvalue weighted by atomic mass is 15.1. The highest BCUT2D eigenvalue weighted by Crippen LogP contribution is 2.29. The molecule has 0 saturated heterocycles. The lowest BCUT2D eigenvalue weighted by atomic mass is 10.1. The van der Waals surface area contributed by atoms with Crippen molar-refractivity contribution in [2.45, 2.75) is 19.8 Å². The zero-order valence-corrected chi connectivity index (χ0v) is 11.7. The summed E-state index contributed by atoms with van der Waals surface area (Å²) in [5, 5.41) is 9.10. The number of aryl methyl sites for hydroxylation is 1. The van der Waals surface area contributed by atoms with Gasteiger partial charge in [0.2, 0.25) is 0 Å². The van der Waals surface area contributed by atoms with E-state index >= 15 is 0 Å². The van der Waals surface area contributed by atoms with Crippen LogP contribution in [-0.2, 0) is 12.8 Å². The third-order valence-corrected chi connectivity index (χ3v) is 4.19. The monoisotopic (exact) mass is 274 g/mol. The second-order valence-electron chi connectivity index (χ2n) is 5.55. The van der Waals surface area contributed by atoms with Crippen LogP contribution in [0.5, 0.6) is 0 Å². The lowest BCUT2D eigenvalue weighted by Gasteiger charge is -2.09. The predicted octanol–water partition coefficient (Wildman–Crippen LogP) is 2.97. The summed E-state index contributed by atoms with van der Waals surface area (Å²) in [5.74, 6) is 1.08. The van der Waals surface area contributed by atoms with Gasteiger partial charge >= 0.3 is 0 Å². The van der Waals surface area contributed by atoms with E-state index in [0.717, 1.165) is 35.4 Å². The van der Waals surface area contributed by atoms with E-state index in [2.05, 4.69) is 38.8 Å². The van der Waals surface area contributed by atoms with Crippen LogP contribution in [0.1, 0.15) is 17.0 Å². The fourth-order valence-corrected chi connectivity index (χ4v) is 3.21. The molecule has 1 atom stereocenters. The number of pyridine rings is 1. The number of hydrogen-bond donors (Lipinski definition) is 0. The number of nitriles is 1. The summed E-state index contributed by atoms with van der Waals surface area (Å²) in [4.78, 5) is 8.69. The maximum Gasteiger partial charge on any atom is 0.111 e. The Balaban J connectivity index is 1.88.